The molecule has 1 aliphatic heterocycles. The van der Waals surface area contributed by atoms with Crippen molar-refractivity contribution >= 4 is 29.1 Å². The molecule has 0 saturated carbocycles. The number of carbonyl (C=O) groups is 3. The second kappa shape index (κ2) is 8.26. The fourth-order valence-electron chi connectivity index (χ4n) is 2.67. The van der Waals surface area contributed by atoms with Gasteiger partial charge in [0.25, 0.3) is 11.8 Å². The summed E-state index contributed by atoms with van der Waals surface area (Å²) in [5, 5.41) is 1.82. The number of esters is 1. The van der Waals surface area contributed by atoms with Gasteiger partial charge in [-0.15, -0.1) is 11.3 Å². The van der Waals surface area contributed by atoms with E-state index in [0.29, 0.717) is 37.1 Å². The van der Waals surface area contributed by atoms with Gasteiger partial charge in [0.2, 0.25) is 0 Å². The minimum atomic E-state index is -1.05. The van der Waals surface area contributed by atoms with Gasteiger partial charge in [-0.3, -0.25) is 9.59 Å². The Morgan fingerprint density at radius 3 is 2.37 bits per heavy atom. The summed E-state index contributed by atoms with van der Waals surface area (Å²) in [6, 6.07) is 6.02. The number of nitrogens with zero attached hydrogens (tertiary/aromatic N) is 2. The van der Waals surface area contributed by atoms with E-state index in [0.717, 1.165) is 12.1 Å². The third-order valence-electron chi connectivity index (χ3n) is 4.13. The van der Waals surface area contributed by atoms with Gasteiger partial charge in [-0.2, -0.15) is 0 Å². The number of benzene rings is 1. The van der Waals surface area contributed by atoms with Crippen LogP contribution < -0.4 is 0 Å². The summed E-state index contributed by atoms with van der Waals surface area (Å²) in [7, 11) is 0. The van der Waals surface area contributed by atoms with Crippen molar-refractivity contribution in [1.29, 1.82) is 0 Å². The second-order valence-corrected chi connectivity index (χ2v) is 6.80. The van der Waals surface area contributed by atoms with Gasteiger partial charge in [0.1, 0.15) is 11.6 Å². The molecule has 0 aliphatic carbocycles. The molecule has 0 N–H and O–H groups in total. The van der Waals surface area contributed by atoms with Gasteiger partial charge in [0, 0.05) is 32.2 Å². The zero-order valence-corrected chi connectivity index (χ0v) is 15.0. The Bertz CT molecular complexity index is 849. The van der Waals surface area contributed by atoms with E-state index in [4.69, 9.17) is 4.74 Å². The van der Waals surface area contributed by atoms with Crippen LogP contribution in [0, 0.1) is 11.6 Å². The van der Waals surface area contributed by atoms with Crippen LogP contribution >= 0.6 is 11.3 Å². The van der Waals surface area contributed by atoms with Gasteiger partial charge in [-0.25, -0.2) is 13.6 Å². The maximum absolute atomic E-state index is 13.5. The molecule has 3 rings (SSSR count). The third-order valence-corrected chi connectivity index (χ3v) is 4.99. The van der Waals surface area contributed by atoms with Gasteiger partial charge in [0.05, 0.1) is 10.4 Å². The molecule has 2 amide bonds. The lowest BCUT2D eigenvalue weighted by molar-refractivity contribution is -0.136. The lowest BCUT2D eigenvalue weighted by atomic mass is 10.2. The maximum Gasteiger partial charge on any atom is 0.341 e. The molecule has 1 aromatic carbocycles. The van der Waals surface area contributed by atoms with E-state index >= 15 is 0 Å². The first-order chi connectivity index (χ1) is 13.0. The van der Waals surface area contributed by atoms with Crippen molar-refractivity contribution in [3.8, 4) is 0 Å². The van der Waals surface area contributed by atoms with Crippen LogP contribution in [0.15, 0.2) is 35.7 Å². The van der Waals surface area contributed by atoms with Crippen LogP contribution in [0.4, 0.5) is 8.78 Å². The van der Waals surface area contributed by atoms with Crippen molar-refractivity contribution in [1.82, 2.24) is 9.80 Å². The maximum atomic E-state index is 13.5. The first kappa shape index (κ1) is 19.0. The highest BCUT2D eigenvalue weighted by Crippen LogP contribution is 2.14. The van der Waals surface area contributed by atoms with E-state index in [1.807, 2.05) is 5.38 Å². The van der Waals surface area contributed by atoms with Crippen molar-refractivity contribution in [2.24, 2.45) is 0 Å². The van der Waals surface area contributed by atoms with Crippen LogP contribution in [-0.2, 0) is 9.53 Å². The van der Waals surface area contributed by atoms with E-state index in [1.165, 1.54) is 16.2 Å². The average molecular weight is 394 g/mol. The van der Waals surface area contributed by atoms with Gasteiger partial charge >= 0.3 is 5.97 Å². The lowest BCUT2D eigenvalue weighted by Crippen LogP contribution is -2.51. The number of halogens is 2. The molecule has 2 aromatic rings. The fourth-order valence-corrected chi connectivity index (χ4v) is 3.36. The standard InChI is InChI=1S/C18H16F2N2O4S/c19-12-3-4-13(14(20)10-12)18(25)26-11-16(23)21-5-7-22(8-6-21)17(24)15-2-1-9-27-15/h1-4,9-10H,5-8,11H2. The van der Waals surface area contributed by atoms with E-state index in [2.05, 4.69) is 0 Å². The number of hydrogen-bond donors (Lipinski definition) is 0. The number of hydrogen-bond acceptors (Lipinski definition) is 5. The first-order valence-electron chi connectivity index (χ1n) is 8.18. The molecule has 1 aliphatic rings. The molecule has 0 atom stereocenters. The Morgan fingerprint density at radius 2 is 1.74 bits per heavy atom. The van der Waals surface area contributed by atoms with Crippen molar-refractivity contribution in [2.45, 2.75) is 0 Å². The third kappa shape index (κ3) is 4.48. The van der Waals surface area contributed by atoms with Gasteiger partial charge in [-0.1, -0.05) is 6.07 Å². The summed E-state index contributed by atoms with van der Waals surface area (Å²) in [6.45, 7) is 0.845. The largest absolute Gasteiger partial charge is 0.452 e. The van der Waals surface area contributed by atoms with Crippen molar-refractivity contribution in [3.05, 3.63) is 57.8 Å². The normalized spacial score (nSPS) is 14.1. The molecule has 0 bridgehead atoms. The number of ether oxygens (including phenoxy) is 1. The van der Waals surface area contributed by atoms with Crippen LogP contribution in [0.2, 0.25) is 0 Å². The number of piperazine rings is 1. The smallest absolute Gasteiger partial charge is 0.341 e. The van der Waals surface area contributed by atoms with Gasteiger partial charge < -0.3 is 14.5 Å². The molecule has 6 nitrogen and oxygen atoms in total. The van der Waals surface area contributed by atoms with Crippen LogP contribution in [0.1, 0.15) is 20.0 Å². The minimum absolute atomic E-state index is 0.0738. The van der Waals surface area contributed by atoms with E-state index in [9.17, 15) is 23.2 Å². The summed E-state index contributed by atoms with van der Waals surface area (Å²) in [6.07, 6.45) is 0. The summed E-state index contributed by atoms with van der Waals surface area (Å²) >= 11 is 1.36. The highest BCUT2D eigenvalue weighted by Gasteiger charge is 2.26. The number of rotatable bonds is 4. The molecule has 0 radical (unpaired) electrons. The summed E-state index contributed by atoms with van der Waals surface area (Å²) in [5.74, 6) is -3.40. The Hall–Kier alpha value is -2.81. The number of thiophene rings is 1. The predicted octanol–water partition coefficient (Wildman–Crippen LogP) is 2.17. The highest BCUT2D eigenvalue weighted by molar-refractivity contribution is 7.12. The highest BCUT2D eigenvalue weighted by atomic mass is 32.1. The van der Waals surface area contributed by atoms with Gasteiger partial charge in [-0.05, 0) is 23.6 Å². The van der Waals surface area contributed by atoms with E-state index in [-0.39, 0.29) is 5.91 Å². The predicted molar refractivity (Wildman–Crippen MR) is 93.4 cm³/mol. The fraction of sp³-hybridized carbons (Fsp3) is 0.278. The quantitative estimate of drug-likeness (QED) is 0.746. The molecular formula is C18H16F2N2O4S. The Labute approximate surface area is 157 Å². The summed E-state index contributed by atoms with van der Waals surface area (Å²) in [5.41, 5.74) is -0.435. The first-order valence-corrected chi connectivity index (χ1v) is 9.06. The zero-order valence-electron chi connectivity index (χ0n) is 14.2. The molecule has 9 heteroatoms. The van der Waals surface area contributed by atoms with Crippen LogP contribution in [0.5, 0.6) is 0 Å². The van der Waals surface area contributed by atoms with Crippen LogP contribution in [0.25, 0.3) is 0 Å². The topological polar surface area (TPSA) is 66.9 Å². The van der Waals surface area contributed by atoms with Crippen molar-refractivity contribution in [3.63, 3.8) is 0 Å². The molecule has 0 unspecified atom stereocenters. The molecule has 2 heterocycles. The Balaban J connectivity index is 1.48. The van der Waals surface area contributed by atoms with Crippen LogP contribution in [0.3, 0.4) is 0 Å². The Kier molecular flexibility index (Phi) is 5.80. The molecule has 1 fully saturated rings. The molecule has 142 valence electrons. The molecule has 27 heavy (non-hydrogen) atoms. The lowest BCUT2D eigenvalue weighted by Gasteiger charge is -2.34. The van der Waals surface area contributed by atoms with Crippen LogP contribution in [-0.4, -0.2) is 60.4 Å². The SMILES string of the molecule is O=C(OCC(=O)N1CCN(C(=O)c2cccs2)CC1)c1ccc(F)cc1F. The molecule has 1 saturated heterocycles. The van der Waals surface area contributed by atoms with Crippen molar-refractivity contribution in [2.75, 3.05) is 32.8 Å². The average Bonchev–Trinajstić information content (AvgIpc) is 3.20. The van der Waals surface area contributed by atoms with Crippen molar-refractivity contribution < 1.29 is 27.9 Å². The number of carbonyl (C=O) groups excluding carboxylic acids is 3. The molecule has 1 aromatic heterocycles. The second-order valence-electron chi connectivity index (χ2n) is 5.85. The summed E-state index contributed by atoms with van der Waals surface area (Å²) in [4.78, 5) is 40.1. The van der Waals surface area contributed by atoms with E-state index < -0.39 is 35.7 Å². The van der Waals surface area contributed by atoms with E-state index in [1.54, 1.807) is 17.0 Å². The number of amides is 2. The molecular weight excluding hydrogens is 378 g/mol. The van der Waals surface area contributed by atoms with Gasteiger partial charge in [0.15, 0.2) is 6.61 Å². The monoisotopic (exact) mass is 394 g/mol. The zero-order chi connectivity index (χ0) is 19.4. The summed E-state index contributed by atoms with van der Waals surface area (Å²) < 4.78 is 31.2. The minimum Gasteiger partial charge on any atom is -0.452 e. The Morgan fingerprint density at radius 1 is 1.04 bits per heavy atom. The molecule has 0 spiro atoms.